The Bertz CT molecular complexity index is 159. The average molecular weight is 196 g/mol. The van der Waals surface area contributed by atoms with Crippen LogP contribution in [0.5, 0.6) is 0 Å². The third-order valence-corrected chi connectivity index (χ3v) is 4.20. The monoisotopic (exact) mass is 196 g/mol. The van der Waals surface area contributed by atoms with E-state index in [2.05, 4.69) is 27.7 Å². The molecule has 0 aromatic carbocycles. The van der Waals surface area contributed by atoms with Crippen LogP contribution in [0.1, 0.15) is 72.6 Å². The molecule has 1 fully saturated rings. The predicted octanol–water partition coefficient (Wildman–Crippen LogP) is 5.03. The molecule has 0 N–H and O–H groups in total. The van der Waals surface area contributed by atoms with Gasteiger partial charge < -0.3 is 0 Å². The van der Waals surface area contributed by atoms with Crippen LogP contribution in [0.4, 0.5) is 0 Å². The fourth-order valence-electron chi connectivity index (χ4n) is 2.97. The maximum Gasteiger partial charge on any atom is -0.0323 e. The molecule has 1 aliphatic carbocycles. The smallest absolute Gasteiger partial charge is 0.0323 e. The summed E-state index contributed by atoms with van der Waals surface area (Å²) in [6.45, 7) is 9.60. The molecule has 1 rings (SSSR count). The molecule has 0 amide bonds. The van der Waals surface area contributed by atoms with Crippen LogP contribution in [0, 0.1) is 17.3 Å². The van der Waals surface area contributed by atoms with E-state index in [-0.39, 0.29) is 0 Å². The Labute approximate surface area is 90.5 Å². The summed E-state index contributed by atoms with van der Waals surface area (Å²) in [5, 5.41) is 0. The van der Waals surface area contributed by atoms with E-state index in [1.807, 2.05) is 0 Å². The lowest BCUT2D eigenvalue weighted by Crippen LogP contribution is -2.13. The maximum atomic E-state index is 2.52. The first-order chi connectivity index (χ1) is 6.57. The van der Waals surface area contributed by atoms with Gasteiger partial charge in [-0.1, -0.05) is 47.0 Å². The number of rotatable bonds is 5. The lowest BCUT2D eigenvalue weighted by molar-refractivity contribution is 0.266. The van der Waals surface area contributed by atoms with Gasteiger partial charge >= 0.3 is 0 Å². The number of unbranched alkanes of at least 4 members (excludes halogenated alkanes) is 2. The fraction of sp³-hybridized carbons (Fsp3) is 1.00. The third-order valence-electron chi connectivity index (χ3n) is 4.20. The van der Waals surface area contributed by atoms with Crippen molar-refractivity contribution in [3.63, 3.8) is 0 Å². The van der Waals surface area contributed by atoms with Crippen molar-refractivity contribution in [3.05, 3.63) is 0 Å². The van der Waals surface area contributed by atoms with E-state index in [1.54, 1.807) is 0 Å². The van der Waals surface area contributed by atoms with E-state index in [0.717, 1.165) is 11.8 Å². The van der Waals surface area contributed by atoms with Gasteiger partial charge in [0, 0.05) is 0 Å². The molecule has 0 heterocycles. The standard InChI is InChI=1S/C14H28/c1-5-6-7-9-14(4)10-8-13(11-14)12(2)3/h12-13H,5-11H2,1-4H3. The average Bonchev–Trinajstić information content (AvgIpc) is 2.49. The van der Waals surface area contributed by atoms with Crippen molar-refractivity contribution in [1.82, 2.24) is 0 Å². The van der Waals surface area contributed by atoms with E-state index < -0.39 is 0 Å². The first kappa shape index (κ1) is 12.1. The quantitative estimate of drug-likeness (QED) is 0.541. The topological polar surface area (TPSA) is 0 Å². The molecule has 0 radical (unpaired) electrons. The summed E-state index contributed by atoms with van der Waals surface area (Å²) in [5.41, 5.74) is 0.699. The summed E-state index contributed by atoms with van der Waals surface area (Å²) in [4.78, 5) is 0. The van der Waals surface area contributed by atoms with Gasteiger partial charge in [-0.3, -0.25) is 0 Å². The van der Waals surface area contributed by atoms with Crippen LogP contribution in [0.15, 0.2) is 0 Å². The zero-order valence-electron chi connectivity index (χ0n) is 10.6. The largest absolute Gasteiger partial charge is 0.0654 e. The highest BCUT2D eigenvalue weighted by Gasteiger charge is 2.35. The van der Waals surface area contributed by atoms with Crippen molar-refractivity contribution in [2.45, 2.75) is 72.6 Å². The van der Waals surface area contributed by atoms with Crippen molar-refractivity contribution in [2.24, 2.45) is 17.3 Å². The number of hydrogen-bond donors (Lipinski definition) is 0. The third kappa shape index (κ3) is 3.29. The molecule has 84 valence electrons. The Morgan fingerprint density at radius 3 is 2.50 bits per heavy atom. The molecule has 0 bridgehead atoms. The molecule has 0 aliphatic heterocycles. The molecule has 0 nitrogen and oxygen atoms in total. The Morgan fingerprint density at radius 1 is 1.29 bits per heavy atom. The van der Waals surface area contributed by atoms with Crippen LogP contribution in [0.2, 0.25) is 0 Å². The van der Waals surface area contributed by atoms with E-state index in [4.69, 9.17) is 0 Å². The summed E-state index contributed by atoms with van der Waals surface area (Å²) in [6, 6.07) is 0. The van der Waals surface area contributed by atoms with Crippen LogP contribution >= 0.6 is 0 Å². The number of hydrogen-bond acceptors (Lipinski definition) is 0. The summed E-state index contributed by atoms with van der Waals surface area (Å²) in [6.07, 6.45) is 10.2. The Hall–Kier alpha value is 0. The van der Waals surface area contributed by atoms with Crippen LogP contribution in [0.25, 0.3) is 0 Å². The molecule has 0 aromatic rings. The molecule has 14 heavy (non-hydrogen) atoms. The molecular weight excluding hydrogens is 168 g/mol. The zero-order chi connectivity index (χ0) is 10.6. The van der Waals surface area contributed by atoms with Crippen LogP contribution in [-0.4, -0.2) is 0 Å². The molecular formula is C14H28. The minimum Gasteiger partial charge on any atom is -0.0654 e. The van der Waals surface area contributed by atoms with Crippen LogP contribution < -0.4 is 0 Å². The Kier molecular flexibility index (Phi) is 4.47. The van der Waals surface area contributed by atoms with Crippen molar-refractivity contribution in [1.29, 1.82) is 0 Å². The molecule has 1 saturated carbocycles. The molecule has 0 aromatic heterocycles. The molecule has 0 heteroatoms. The second-order valence-corrected chi connectivity index (χ2v) is 6.01. The predicted molar refractivity (Wildman–Crippen MR) is 64.4 cm³/mol. The second kappa shape index (κ2) is 5.19. The molecule has 0 spiro atoms. The molecule has 2 atom stereocenters. The van der Waals surface area contributed by atoms with Crippen LogP contribution in [0.3, 0.4) is 0 Å². The molecule has 1 aliphatic rings. The summed E-state index contributed by atoms with van der Waals surface area (Å²) >= 11 is 0. The lowest BCUT2D eigenvalue weighted by atomic mass is 9.81. The van der Waals surface area contributed by atoms with E-state index >= 15 is 0 Å². The maximum absolute atomic E-state index is 2.52. The van der Waals surface area contributed by atoms with E-state index in [1.165, 1.54) is 44.9 Å². The zero-order valence-corrected chi connectivity index (χ0v) is 10.6. The highest BCUT2D eigenvalue weighted by Crippen LogP contribution is 2.47. The minimum absolute atomic E-state index is 0.699. The SMILES string of the molecule is CCCCCC1(C)CCC(C(C)C)C1. The fourth-order valence-corrected chi connectivity index (χ4v) is 2.97. The van der Waals surface area contributed by atoms with Gasteiger partial charge in [-0.15, -0.1) is 0 Å². The van der Waals surface area contributed by atoms with Crippen molar-refractivity contribution in [3.8, 4) is 0 Å². The lowest BCUT2D eigenvalue weighted by Gasteiger charge is -2.25. The van der Waals surface area contributed by atoms with Gasteiger partial charge in [0.2, 0.25) is 0 Å². The van der Waals surface area contributed by atoms with Gasteiger partial charge in [0.05, 0.1) is 0 Å². The highest BCUT2D eigenvalue weighted by atomic mass is 14.4. The first-order valence-electron chi connectivity index (χ1n) is 6.57. The van der Waals surface area contributed by atoms with Gasteiger partial charge in [-0.25, -0.2) is 0 Å². The Balaban J connectivity index is 2.30. The van der Waals surface area contributed by atoms with Crippen LogP contribution in [-0.2, 0) is 0 Å². The van der Waals surface area contributed by atoms with Gasteiger partial charge in [0.15, 0.2) is 0 Å². The molecule has 0 saturated heterocycles. The van der Waals surface area contributed by atoms with Crippen molar-refractivity contribution < 1.29 is 0 Å². The van der Waals surface area contributed by atoms with Gasteiger partial charge in [0.25, 0.3) is 0 Å². The highest BCUT2D eigenvalue weighted by molar-refractivity contribution is 4.86. The summed E-state index contributed by atoms with van der Waals surface area (Å²) in [7, 11) is 0. The van der Waals surface area contributed by atoms with Gasteiger partial charge in [-0.05, 0) is 42.9 Å². The minimum atomic E-state index is 0.699. The molecule has 2 unspecified atom stereocenters. The van der Waals surface area contributed by atoms with E-state index in [9.17, 15) is 0 Å². The normalized spacial score (nSPS) is 32.8. The van der Waals surface area contributed by atoms with Crippen molar-refractivity contribution >= 4 is 0 Å². The van der Waals surface area contributed by atoms with Gasteiger partial charge in [-0.2, -0.15) is 0 Å². The first-order valence-corrected chi connectivity index (χ1v) is 6.57. The summed E-state index contributed by atoms with van der Waals surface area (Å²) in [5.74, 6) is 1.92. The second-order valence-electron chi connectivity index (χ2n) is 6.01. The van der Waals surface area contributed by atoms with Crippen molar-refractivity contribution in [2.75, 3.05) is 0 Å². The summed E-state index contributed by atoms with van der Waals surface area (Å²) < 4.78 is 0. The van der Waals surface area contributed by atoms with Gasteiger partial charge in [0.1, 0.15) is 0 Å². The van der Waals surface area contributed by atoms with E-state index in [0.29, 0.717) is 5.41 Å². The Morgan fingerprint density at radius 2 is 2.00 bits per heavy atom.